The number of rotatable bonds is 7. The lowest BCUT2D eigenvalue weighted by Gasteiger charge is -2.06. The van der Waals surface area contributed by atoms with E-state index in [-0.39, 0.29) is 31.3 Å². The van der Waals surface area contributed by atoms with Gasteiger partial charge in [-0.1, -0.05) is 35.5 Å². The number of hydrogen-bond acceptors (Lipinski definition) is 7. The van der Waals surface area contributed by atoms with Gasteiger partial charge in [-0.3, -0.25) is 4.79 Å². The summed E-state index contributed by atoms with van der Waals surface area (Å²) in [4.78, 5) is 23.3. The topological polar surface area (TPSA) is 109 Å². The zero-order chi connectivity index (χ0) is 16.7. The molecule has 1 aromatic carbocycles. The molecule has 8 heteroatoms. The molecule has 0 fully saturated rings. The largest absolute Gasteiger partial charge is 0.464 e. The molecule has 0 aliphatic heterocycles. The quantitative estimate of drug-likeness (QED) is 0.753. The van der Waals surface area contributed by atoms with Crippen molar-refractivity contribution < 1.29 is 19.1 Å². The number of nitrogen functional groups attached to an aromatic ring is 1. The molecule has 0 saturated carbocycles. The summed E-state index contributed by atoms with van der Waals surface area (Å²) in [5.41, 5.74) is 6.70. The maximum absolute atomic E-state index is 11.8. The SMILES string of the molecule is CCOC(=O)c1nnn(CC(=O)OCCc2ccccc2)c1N. The number of nitrogens with zero attached hydrogens (tertiary/aromatic N) is 3. The Morgan fingerprint density at radius 2 is 1.96 bits per heavy atom. The zero-order valence-electron chi connectivity index (χ0n) is 12.8. The van der Waals surface area contributed by atoms with Crippen LogP contribution >= 0.6 is 0 Å². The van der Waals surface area contributed by atoms with E-state index in [2.05, 4.69) is 10.3 Å². The van der Waals surface area contributed by atoms with Gasteiger partial charge in [0.15, 0.2) is 5.82 Å². The lowest BCUT2D eigenvalue weighted by atomic mass is 10.2. The summed E-state index contributed by atoms with van der Waals surface area (Å²) in [5.74, 6) is -1.20. The third-order valence-corrected chi connectivity index (χ3v) is 3.02. The first kappa shape index (κ1) is 16.5. The molecule has 2 aromatic rings. The molecule has 0 atom stereocenters. The second-order valence-electron chi connectivity index (χ2n) is 4.66. The molecule has 23 heavy (non-hydrogen) atoms. The number of carbonyl (C=O) groups is 2. The molecule has 1 aromatic heterocycles. The fourth-order valence-electron chi connectivity index (χ4n) is 1.88. The molecule has 0 radical (unpaired) electrons. The molecule has 2 N–H and O–H groups in total. The van der Waals surface area contributed by atoms with Crippen molar-refractivity contribution in [3.05, 3.63) is 41.6 Å². The number of anilines is 1. The Balaban J connectivity index is 1.84. The molecule has 0 aliphatic carbocycles. The van der Waals surface area contributed by atoms with E-state index in [4.69, 9.17) is 15.2 Å². The van der Waals surface area contributed by atoms with Gasteiger partial charge >= 0.3 is 11.9 Å². The van der Waals surface area contributed by atoms with Gasteiger partial charge in [0.25, 0.3) is 0 Å². The summed E-state index contributed by atoms with van der Waals surface area (Å²) < 4.78 is 11.0. The average Bonchev–Trinajstić information content (AvgIpc) is 2.89. The van der Waals surface area contributed by atoms with E-state index in [1.807, 2.05) is 30.3 Å². The zero-order valence-corrected chi connectivity index (χ0v) is 12.8. The van der Waals surface area contributed by atoms with Crippen LogP contribution in [0.5, 0.6) is 0 Å². The molecular formula is C15H18N4O4. The number of ether oxygens (including phenoxy) is 2. The van der Waals surface area contributed by atoms with Crippen molar-refractivity contribution in [3.8, 4) is 0 Å². The normalized spacial score (nSPS) is 10.3. The van der Waals surface area contributed by atoms with Crippen LogP contribution in [0.2, 0.25) is 0 Å². The number of carbonyl (C=O) groups excluding carboxylic acids is 2. The van der Waals surface area contributed by atoms with Crippen molar-refractivity contribution in [1.29, 1.82) is 0 Å². The molecule has 0 spiro atoms. The molecular weight excluding hydrogens is 300 g/mol. The van der Waals surface area contributed by atoms with E-state index in [1.54, 1.807) is 6.92 Å². The van der Waals surface area contributed by atoms with Gasteiger partial charge in [-0.05, 0) is 12.5 Å². The van der Waals surface area contributed by atoms with Crippen molar-refractivity contribution in [3.63, 3.8) is 0 Å². The van der Waals surface area contributed by atoms with Crippen molar-refractivity contribution >= 4 is 17.8 Å². The molecule has 1 heterocycles. The average molecular weight is 318 g/mol. The monoisotopic (exact) mass is 318 g/mol. The van der Waals surface area contributed by atoms with E-state index in [0.717, 1.165) is 10.2 Å². The van der Waals surface area contributed by atoms with Crippen LogP contribution in [0.25, 0.3) is 0 Å². The maximum Gasteiger partial charge on any atom is 0.362 e. The first-order chi connectivity index (χ1) is 11.1. The summed E-state index contributed by atoms with van der Waals surface area (Å²) in [6.07, 6.45) is 0.619. The molecule has 0 unspecified atom stereocenters. The van der Waals surface area contributed by atoms with Crippen molar-refractivity contribution in [2.24, 2.45) is 0 Å². The smallest absolute Gasteiger partial charge is 0.362 e. The highest BCUT2D eigenvalue weighted by Gasteiger charge is 2.20. The van der Waals surface area contributed by atoms with E-state index in [1.165, 1.54) is 0 Å². The molecule has 8 nitrogen and oxygen atoms in total. The van der Waals surface area contributed by atoms with E-state index in [0.29, 0.717) is 6.42 Å². The highest BCUT2D eigenvalue weighted by Crippen LogP contribution is 2.09. The summed E-state index contributed by atoms with van der Waals surface area (Å²) in [7, 11) is 0. The van der Waals surface area contributed by atoms with Crippen LogP contribution in [0, 0.1) is 0 Å². The first-order valence-electron chi connectivity index (χ1n) is 7.17. The third-order valence-electron chi connectivity index (χ3n) is 3.02. The van der Waals surface area contributed by atoms with Gasteiger partial charge in [-0.25, -0.2) is 9.48 Å². The van der Waals surface area contributed by atoms with Gasteiger partial charge in [0.1, 0.15) is 6.54 Å². The fraction of sp³-hybridized carbons (Fsp3) is 0.333. The summed E-state index contributed by atoms with van der Waals surface area (Å²) in [6, 6.07) is 9.67. The summed E-state index contributed by atoms with van der Waals surface area (Å²) in [5, 5.41) is 7.29. The number of aromatic nitrogens is 3. The predicted octanol–water partition coefficient (Wildman–Crippen LogP) is 0.823. The highest BCUT2D eigenvalue weighted by molar-refractivity contribution is 5.92. The molecule has 2 rings (SSSR count). The molecule has 0 aliphatic rings. The van der Waals surface area contributed by atoms with E-state index >= 15 is 0 Å². The van der Waals surface area contributed by atoms with Crippen molar-refractivity contribution in [2.75, 3.05) is 18.9 Å². The van der Waals surface area contributed by atoms with E-state index < -0.39 is 11.9 Å². The van der Waals surface area contributed by atoms with Crippen molar-refractivity contribution in [2.45, 2.75) is 19.9 Å². The second-order valence-corrected chi connectivity index (χ2v) is 4.66. The van der Waals surface area contributed by atoms with Crippen molar-refractivity contribution in [1.82, 2.24) is 15.0 Å². The summed E-state index contributed by atoms with van der Waals surface area (Å²) in [6.45, 7) is 1.91. The fourth-order valence-corrected chi connectivity index (χ4v) is 1.88. The van der Waals surface area contributed by atoms with Crippen LogP contribution in [-0.4, -0.2) is 40.1 Å². The minimum absolute atomic E-state index is 0.0246. The van der Waals surface area contributed by atoms with Crippen LogP contribution in [0.15, 0.2) is 30.3 Å². The Bertz CT molecular complexity index is 669. The number of nitrogens with two attached hydrogens (primary N) is 1. The standard InChI is InChI=1S/C15H18N4O4/c1-2-22-15(21)13-14(16)19(18-17-13)10-12(20)23-9-8-11-6-4-3-5-7-11/h3-7H,2,8-10,16H2,1H3. The van der Waals surface area contributed by atoms with Gasteiger partial charge in [0.2, 0.25) is 5.69 Å². The van der Waals surface area contributed by atoms with Gasteiger partial charge in [-0.15, -0.1) is 5.10 Å². The molecule has 0 amide bonds. The second kappa shape index (κ2) is 7.92. The number of hydrogen-bond donors (Lipinski definition) is 1. The Morgan fingerprint density at radius 1 is 1.22 bits per heavy atom. The van der Waals surface area contributed by atoms with Crippen LogP contribution in [0.3, 0.4) is 0 Å². The Hall–Kier alpha value is -2.90. The number of esters is 2. The number of benzene rings is 1. The minimum Gasteiger partial charge on any atom is -0.464 e. The Labute approximate surface area is 133 Å². The lowest BCUT2D eigenvalue weighted by molar-refractivity contribution is -0.144. The third kappa shape index (κ3) is 4.53. The minimum atomic E-state index is -0.673. The van der Waals surface area contributed by atoms with Crippen LogP contribution < -0.4 is 5.73 Å². The molecule has 122 valence electrons. The van der Waals surface area contributed by atoms with Gasteiger partial charge in [0.05, 0.1) is 13.2 Å². The van der Waals surface area contributed by atoms with Gasteiger partial charge in [-0.2, -0.15) is 0 Å². The van der Waals surface area contributed by atoms with Crippen LogP contribution in [0.4, 0.5) is 5.82 Å². The maximum atomic E-state index is 11.8. The predicted molar refractivity (Wildman–Crippen MR) is 81.5 cm³/mol. The molecule has 0 bridgehead atoms. The Kier molecular flexibility index (Phi) is 5.67. The van der Waals surface area contributed by atoms with Gasteiger partial charge < -0.3 is 15.2 Å². The Morgan fingerprint density at radius 3 is 2.65 bits per heavy atom. The van der Waals surface area contributed by atoms with Gasteiger partial charge in [0, 0.05) is 6.42 Å². The lowest BCUT2D eigenvalue weighted by Crippen LogP contribution is -2.18. The van der Waals surface area contributed by atoms with Crippen LogP contribution in [-0.2, 0) is 27.2 Å². The van der Waals surface area contributed by atoms with Crippen LogP contribution in [0.1, 0.15) is 23.0 Å². The highest BCUT2D eigenvalue weighted by atomic mass is 16.5. The first-order valence-corrected chi connectivity index (χ1v) is 7.17. The molecule has 0 saturated heterocycles. The summed E-state index contributed by atoms with van der Waals surface area (Å²) >= 11 is 0. The van der Waals surface area contributed by atoms with E-state index in [9.17, 15) is 9.59 Å².